The molecule has 0 aromatic rings. The van der Waals surface area contributed by atoms with E-state index in [1.54, 1.807) is 0 Å². The Kier molecular flexibility index (Phi) is 3.11. The molecule has 0 aliphatic carbocycles. The molecule has 18 heavy (non-hydrogen) atoms. The molecule has 3 aliphatic heterocycles. The molecule has 3 heterocycles. The molecule has 3 saturated heterocycles. The zero-order valence-electron chi connectivity index (χ0n) is 10.8. The Hall–Kier alpha value is -0.940. The zero-order chi connectivity index (χ0) is 12.6. The summed E-state index contributed by atoms with van der Waals surface area (Å²) in [7, 11) is 0. The van der Waals surface area contributed by atoms with E-state index in [0.717, 1.165) is 32.7 Å². The molecular weight excluding hydrogens is 230 g/mol. The van der Waals surface area contributed by atoms with Crippen molar-refractivity contribution in [2.24, 2.45) is 5.41 Å². The highest BCUT2D eigenvalue weighted by atomic mass is 16.2. The van der Waals surface area contributed by atoms with Gasteiger partial charge in [0.2, 0.25) is 11.8 Å². The summed E-state index contributed by atoms with van der Waals surface area (Å²) in [6.07, 6.45) is 3.34. The first kappa shape index (κ1) is 12.1. The number of carbonyl (C=O) groups is 2. The van der Waals surface area contributed by atoms with Crippen molar-refractivity contribution in [1.29, 1.82) is 0 Å². The van der Waals surface area contributed by atoms with Crippen molar-refractivity contribution in [2.45, 2.75) is 25.7 Å². The Labute approximate surface area is 107 Å². The maximum Gasteiger partial charge on any atom is 0.229 e. The third kappa shape index (κ3) is 2.17. The highest BCUT2D eigenvalue weighted by Crippen LogP contribution is 2.35. The summed E-state index contributed by atoms with van der Waals surface area (Å²) >= 11 is 0. The molecule has 0 aromatic carbocycles. The van der Waals surface area contributed by atoms with E-state index in [1.165, 1.54) is 17.7 Å². The topological polar surface area (TPSA) is 52.7 Å². The molecule has 0 bridgehead atoms. The summed E-state index contributed by atoms with van der Waals surface area (Å²) in [5.41, 5.74) is 0.471. The number of hydrogen-bond acceptors (Lipinski definition) is 4. The van der Waals surface area contributed by atoms with Crippen LogP contribution in [0.3, 0.4) is 0 Å². The van der Waals surface area contributed by atoms with Gasteiger partial charge in [0.1, 0.15) is 0 Å². The SMILES string of the molecule is O=C1CCC(=O)N1CCN1CCC2(CCNC2)C1. The van der Waals surface area contributed by atoms with Crippen LogP contribution < -0.4 is 5.32 Å². The lowest BCUT2D eigenvalue weighted by atomic mass is 9.87. The van der Waals surface area contributed by atoms with Crippen molar-refractivity contribution in [2.75, 3.05) is 39.3 Å². The number of hydrogen-bond donors (Lipinski definition) is 1. The van der Waals surface area contributed by atoms with Crippen LogP contribution in [0.1, 0.15) is 25.7 Å². The van der Waals surface area contributed by atoms with E-state index in [1.807, 2.05) is 0 Å². The Balaban J connectivity index is 1.50. The quantitative estimate of drug-likeness (QED) is 0.707. The summed E-state index contributed by atoms with van der Waals surface area (Å²) in [6.45, 7) is 5.93. The third-order valence-electron chi connectivity index (χ3n) is 4.64. The van der Waals surface area contributed by atoms with E-state index in [9.17, 15) is 9.59 Å². The largest absolute Gasteiger partial charge is 0.316 e. The Morgan fingerprint density at radius 1 is 1.11 bits per heavy atom. The Morgan fingerprint density at radius 2 is 1.89 bits per heavy atom. The number of nitrogens with one attached hydrogen (secondary N) is 1. The minimum Gasteiger partial charge on any atom is -0.316 e. The number of nitrogens with zero attached hydrogens (tertiary/aromatic N) is 2. The second-order valence-electron chi connectivity index (χ2n) is 5.89. The normalized spacial score (nSPS) is 33.2. The molecule has 0 aromatic heterocycles. The molecule has 3 rings (SSSR count). The average molecular weight is 251 g/mol. The number of carbonyl (C=O) groups excluding carboxylic acids is 2. The standard InChI is InChI=1S/C13H21N3O2/c17-11-1-2-12(18)16(11)8-7-15-6-4-13(10-15)3-5-14-9-13/h14H,1-10H2. The van der Waals surface area contributed by atoms with Crippen LogP contribution >= 0.6 is 0 Å². The first-order chi connectivity index (χ1) is 8.69. The molecule has 5 nitrogen and oxygen atoms in total. The molecule has 3 fully saturated rings. The van der Waals surface area contributed by atoms with Gasteiger partial charge in [0.05, 0.1) is 0 Å². The predicted molar refractivity (Wildman–Crippen MR) is 66.9 cm³/mol. The van der Waals surface area contributed by atoms with Gasteiger partial charge in [-0.3, -0.25) is 14.5 Å². The smallest absolute Gasteiger partial charge is 0.229 e. The lowest BCUT2D eigenvalue weighted by molar-refractivity contribution is -0.138. The van der Waals surface area contributed by atoms with Crippen LogP contribution in [-0.2, 0) is 9.59 Å². The third-order valence-corrected chi connectivity index (χ3v) is 4.64. The zero-order valence-corrected chi connectivity index (χ0v) is 10.8. The molecule has 1 spiro atoms. The number of imide groups is 1. The number of rotatable bonds is 3. The van der Waals surface area contributed by atoms with Crippen LogP contribution in [0.4, 0.5) is 0 Å². The van der Waals surface area contributed by atoms with Crippen molar-refractivity contribution in [3.63, 3.8) is 0 Å². The van der Waals surface area contributed by atoms with Crippen molar-refractivity contribution in [1.82, 2.24) is 15.1 Å². The van der Waals surface area contributed by atoms with Crippen molar-refractivity contribution >= 4 is 11.8 Å². The van der Waals surface area contributed by atoms with Crippen LogP contribution in [-0.4, -0.2) is 60.9 Å². The second-order valence-corrected chi connectivity index (χ2v) is 5.89. The summed E-state index contributed by atoms with van der Waals surface area (Å²) in [5.74, 6) is 0.0212. The van der Waals surface area contributed by atoms with Gasteiger partial charge in [-0.25, -0.2) is 0 Å². The Morgan fingerprint density at radius 3 is 2.56 bits per heavy atom. The lowest BCUT2D eigenvalue weighted by Crippen LogP contribution is -2.38. The van der Waals surface area contributed by atoms with Gasteiger partial charge in [-0.05, 0) is 31.3 Å². The second kappa shape index (κ2) is 4.63. The van der Waals surface area contributed by atoms with E-state index in [4.69, 9.17) is 0 Å². The highest BCUT2D eigenvalue weighted by Gasteiger charge is 2.40. The lowest BCUT2D eigenvalue weighted by Gasteiger charge is -2.24. The molecule has 0 saturated carbocycles. The van der Waals surface area contributed by atoms with Gasteiger partial charge in [0.25, 0.3) is 0 Å². The number of likely N-dealkylation sites (tertiary alicyclic amines) is 2. The molecule has 2 amide bonds. The van der Waals surface area contributed by atoms with E-state index >= 15 is 0 Å². The molecule has 0 radical (unpaired) electrons. The summed E-state index contributed by atoms with van der Waals surface area (Å²) < 4.78 is 0. The van der Waals surface area contributed by atoms with Gasteiger partial charge in [-0.1, -0.05) is 0 Å². The fourth-order valence-corrected chi connectivity index (χ4v) is 3.48. The van der Waals surface area contributed by atoms with Crippen LogP contribution in [0.2, 0.25) is 0 Å². The van der Waals surface area contributed by atoms with E-state index in [0.29, 0.717) is 24.8 Å². The number of amides is 2. The maximum absolute atomic E-state index is 11.5. The van der Waals surface area contributed by atoms with Gasteiger partial charge < -0.3 is 10.2 Å². The van der Waals surface area contributed by atoms with Crippen molar-refractivity contribution in [3.05, 3.63) is 0 Å². The first-order valence-corrected chi connectivity index (χ1v) is 6.95. The molecule has 1 unspecified atom stereocenters. The molecule has 5 heteroatoms. The highest BCUT2D eigenvalue weighted by molar-refractivity contribution is 6.01. The minimum atomic E-state index is 0.0106. The minimum absolute atomic E-state index is 0.0106. The van der Waals surface area contributed by atoms with Crippen LogP contribution in [0, 0.1) is 5.41 Å². The summed E-state index contributed by atoms with van der Waals surface area (Å²) in [4.78, 5) is 26.9. The van der Waals surface area contributed by atoms with E-state index in [2.05, 4.69) is 10.2 Å². The maximum atomic E-state index is 11.5. The van der Waals surface area contributed by atoms with Crippen LogP contribution in [0.15, 0.2) is 0 Å². The molecule has 1 N–H and O–H groups in total. The van der Waals surface area contributed by atoms with Gasteiger partial charge in [0, 0.05) is 39.0 Å². The fourth-order valence-electron chi connectivity index (χ4n) is 3.48. The van der Waals surface area contributed by atoms with Gasteiger partial charge >= 0.3 is 0 Å². The van der Waals surface area contributed by atoms with Gasteiger partial charge in [0.15, 0.2) is 0 Å². The van der Waals surface area contributed by atoms with Gasteiger partial charge in [-0.2, -0.15) is 0 Å². The van der Waals surface area contributed by atoms with E-state index in [-0.39, 0.29) is 11.8 Å². The molecule has 100 valence electrons. The van der Waals surface area contributed by atoms with Crippen molar-refractivity contribution in [3.8, 4) is 0 Å². The van der Waals surface area contributed by atoms with Crippen LogP contribution in [0.5, 0.6) is 0 Å². The molecule has 1 atom stereocenters. The summed E-state index contributed by atoms with van der Waals surface area (Å²) in [5, 5.41) is 3.44. The average Bonchev–Trinajstić information content (AvgIpc) is 3.04. The first-order valence-electron chi connectivity index (χ1n) is 6.95. The monoisotopic (exact) mass is 251 g/mol. The molecular formula is C13H21N3O2. The molecule has 3 aliphatic rings. The van der Waals surface area contributed by atoms with Crippen LogP contribution in [0.25, 0.3) is 0 Å². The Bertz CT molecular complexity index is 347. The van der Waals surface area contributed by atoms with Crippen molar-refractivity contribution < 1.29 is 9.59 Å². The fraction of sp³-hybridized carbons (Fsp3) is 0.846. The van der Waals surface area contributed by atoms with Gasteiger partial charge in [-0.15, -0.1) is 0 Å². The predicted octanol–water partition coefficient (Wildman–Crippen LogP) is -0.179. The summed E-state index contributed by atoms with van der Waals surface area (Å²) in [6, 6.07) is 0. The van der Waals surface area contributed by atoms with E-state index < -0.39 is 0 Å².